The number of carbonyl (C=O) groups excluding carboxylic acids is 2. The molecule has 1 aliphatic carbocycles. The molecule has 0 fully saturated rings. The molecule has 1 atom stereocenters. The third-order valence-corrected chi connectivity index (χ3v) is 6.53. The number of thiophene rings is 1. The highest BCUT2D eigenvalue weighted by Crippen LogP contribution is 2.44. The predicted octanol–water partition coefficient (Wildman–Crippen LogP) is 4.03. The minimum absolute atomic E-state index is 0.140. The van der Waals surface area contributed by atoms with E-state index in [9.17, 15) is 19.5 Å². The molecule has 29 heavy (non-hydrogen) atoms. The van der Waals surface area contributed by atoms with Crippen molar-refractivity contribution in [1.29, 1.82) is 0 Å². The van der Waals surface area contributed by atoms with E-state index in [4.69, 9.17) is 4.74 Å². The highest BCUT2D eigenvalue weighted by atomic mass is 32.1. The number of hydrogen-bond donors (Lipinski definition) is 2. The summed E-state index contributed by atoms with van der Waals surface area (Å²) in [6.07, 6.45) is 3.87. The average Bonchev–Trinajstić information content (AvgIpc) is 3.03. The third kappa shape index (κ3) is 4.17. The first-order valence-corrected chi connectivity index (χ1v) is 10.2. The molecule has 0 aromatic carbocycles. The number of carbonyl (C=O) groups is 3. The Bertz CT molecular complexity index is 974. The average molecular weight is 416 g/mol. The second-order valence-electron chi connectivity index (χ2n) is 8.16. The Kier molecular flexibility index (Phi) is 5.75. The van der Waals surface area contributed by atoms with E-state index in [1.165, 1.54) is 36.8 Å². The van der Waals surface area contributed by atoms with Crippen LogP contribution in [-0.4, -0.2) is 35.0 Å². The molecule has 0 saturated heterocycles. The van der Waals surface area contributed by atoms with Gasteiger partial charge in [0.1, 0.15) is 10.7 Å². The Labute approximate surface area is 173 Å². The van der Waals surface area contributed by atoms with Crippen LogP contribution in [0, 0.1) is 11.3 Å². The summed E-state index contributed by atoms with van der Waals surface area (Å²) in [7, 11) is 1.31. The Morgan fingerprint density at radius 2 is 2.03 bits per heavy atom. The number of rotatable bonds is 4. The van der Waals surface area contributed by atoms with E-state index in [-0.39, 0.29) is 16.7 Å². The molecule has 0 radical (unpaired) electrons. The molecule has 0 saturated carbocycles. The van der Waals surface area contributed by atoms with Gasteiger partial charge in [0.2, 0.25) is 0 Å². The summed E-state index contributed by atoms with van der Waals surface area (Å²) in [6, 6.07) is 2.77. The number of hydrogen-bond acceptors (Lipinski definition) is 6. The van der Waals surface area contributed by atoms with Gasteiger partial charge in [-0.25, -0.2) is 9.59 Å². The zero-order chi connectivity index (χ0) is 21.3. The van der Waals surface area contributed by atoms with Gasteiger partial charge in [0.15, 0.2) is 0 Å². The second-order valence-corrected chi connectivity index (χ2v) is 9.27. The highest BCUT2D eigenvalue weighted by molar-refractivity contribution is 7.17. The lowest BCUT2D eigenvalue weighted by Crippen LogP contribution is -2.26. The maximum absolute atomic E-state index is 12.8. The van der Waals surface area contributed by atoms with E-state index < -0.39 is 17.8 Å². The highest BCUT2D eigenvalue weighted by Gasteiger charge is 2.34. The minimum Gasteiger partial charge on any atom is -0.478 e. The van der Waals surface area contributed by atoms with Crippen LogP contribution in [0.2, 0.25) is 0 Å². The fourth-order valence-corrected chi connectivity index (χ4v) is 4.96. The summed E-state index contributed by atoms with van der Waals surface area (Å²) in [4.78, 5) is 41.6. The summed E-state index contributed by atoms with van der Waals surface area (Å²) >= 11 is 1.35. The maximum Gasteiger partial charge on any atom is 0.341 e. The fourth-order valence-electron chi connectivity index (χ4n) is 3.65. The van der Waals surface area contributed by atoms with Crippen LogP contribution in [0.15, 0.2) is 18.3 Å². The van der Waals surface area contributed by atoms with Crippen molar-refractivity contribution in [3.8, 4) is 0 Å². The van der Waals surface area contributed by atoms with Crippen molar-refractivity contribution in [2.45, 2.75) is 40.0 Å². The zero-order valence-electron chi connectivity index (χ0n) is 16.9. The number of amides is 1. The number of nitrogens with one attached hydrogen (secondary N) is 1. The van der Waals surface area contributed by atoms with Crippen molar-refractivity contribution in [3.05, 3.63) is 45.6 Å². The van der Waals surface area contributed by atoms with Gasteiger partial charge < -0.3 is 15.2 Å². The monoisotopic (exact) mass is 416 g/mol. The van der Waals surface area contributed by atoms with Gasteiger partial charge in [-0.1, -0.05) is 20.8 Å². The molecule has 1 amide bonds. The number of carboxylic acids is 1. The fraction of sp³-hybridized carbons (Fsp3) is 0.429. The predicted molar refractivity (Wildman–Crippen MR) is 110 cm³/mol. The van der Waals surface area contributed by atoms with Crippen molar-refractivity contribution in [2.24, 2.45) is 11.3 Å². The van der Waals surface area contributed by atoms with Crippen LogP contribution in [-0.2, 0) is 17.6 Å². The number of esters is 1. The summed E-state index contributed by atoms with van der Waals surface area (Å²) in [6.45, 7) is 6.61. The smallest absolute Gasteiger partial charge is 0.341 e. The zero-order valence-corrected chi connectivity index (χ0v) is 17.7. The molecule has 154 valence electrons. The molecular formula is C21H24N2O5S. The third-order valence-electron chi connectivity index (χ3n) is 5.36. The maximum atomic E-state index is 12.8. The van der Waals surface area contributed by atoms with Gasteiger partial charge in [0, 0.05) is 11.1 Å². The largest absolute Gasteiger partial charge is 0.478 e. The molecule has 0 spiro atoms. The van der Waals surface area contributed by atoms with Crippen LogP contribution in [0.5, 0.6) is 0 Å². The first kappa shape index (κ1) is 21.0. The van der Waals surface area contributed by atoms with Crippen molar-refractivity contribution in [3.63, 3.8) is 0 Å². The lowest BCUT2D eigenvalue weighted by molar-refractivity contribution is 0.0599. The molecule has 8 heteroatoms. The summed E-state index contributed by atoms with van der Waals surface area (Å²) in [5.74, 6) is -1.95. The van der Waals surface area contributed by atoms with Crippen molar-refractivity contribution in [1.82, 2.24) is 4.98 Å². The van der Waals surface area contributed by atoms with E-state index in [2.05, 4.69) is 31.1 Å². The molecule has 7 nitrogen and oxygen atoms in total. The van der Waals surface area contributed by atoms with Crippen LogP contribution in [0.1, 0.15) is 68.8 Å². The van der Waals surface area contributed by atoms with Gasteiger partial charge >= 0.3 is 11.9 Å². The van der Waals surface area contributed by atoms with Gasteiger partial charge in [-0.3, -0.25) is 9.78 Å². The molecule has 0 bridgehead atoms. The van der Waals surface area contributed by atoms with Crippen LogP contribution < -0.4 is 5.32 Å². The van der Waals surface area contributed by atoms with E-state index in [0.29, 0.717) is 16.5 Å². The number of ether oxygens (including phenoxy) is 1. The number of nitrogens with zero attached hydrogens (tertiary/aromatic N) is 1. The number of fused-ring (bicyclic) bond motifs is 1. The quantitative estimate of drug-likeness (QED) is 0.729. The molecule has 3 rings (SSSR count). The SMILES string of the molecule is COC(=O)c1c(NC(=O)c2ncccc2C(=O)O)sc2c1CCC(C(C)(C)C)C2. The first-order chi connectivity index (χ1) is 13.6. The van der Waals surface area contributed by atoms with Crippen LogP contribution in [0.25, 0.3) is 0 Å². The van der Waals surface area contributed by atoms with E-state index in [1.807, 2.05) is 0 Å². The van der Waals surface area contributed by atoms with Crippen molar-refractivity contribution < 1.29 is 24.2 Å². The molecule has 0 aliphatic heterocycles. The lowest BCUT2D eigenvalue weighted by Gasteiger charge is -2.33. The minimum atomic E-state index is -1.24. The van der Waals surface area contributed by atoms with E-state index in [1.54, 1.807) is 0 Å². The number of carboxylic acid groups (broad SMARTS) is 1. The van der Waals surface area contributed by atoms with Gasteiger partial charge in [-0.2, -0.15) is 0 Å². The van der Waals surface area contributed by atoms with Gasteiger partial charge in [-0.15, -0.1) is 11.3 Å². The summed E-state index contributed by atoms with van der Waals surface area (Å²) < 4.78 is 4.95. The molecule has 2 aromatic heterocycles. The van der Waals surface area contributed by atoms with Crippen LogP contribution >= 0.6 is 11.3 Å². The Morgan fingerprint density at radius 1 is 1.31 bits per heavy atom. The second kappa shape index (κ2) is 7.94. The Morgan fingerprint density at radius 3 is 2.66 bits per heavy atom. The molecular weight excluding hydrogens is 392 g/mol. The molecule has 1 unspecified atom stereocenters. The first-order valence-electron chi connectivity index (χ1n) is 9.36. The molecule has 1 aliphatic rings. The summed E-state index contributed by atoms with van der Waals surface area (Å²) in [5, 5.41) is 12.4. The van der Waals surface area contributed by atoms with Gasteiger partial charge in [0.05, 0.1) is 18.2 Å². The Hall–Kier alpha value is -2.74. The molecule has 2 aromatic rings. The number of anilines is 1. The lowest BCUT2D eigenvalue weighted by atomic mass is 9.72. The van der Waals surface area contributed by atoms with Crippen molar-refractivity contribution >= 4 is 34.2 Å². The van der Waals surface area contributed by atoms with E-state index in [0.717, 1.165) is 29.7 Å². The van der Waals surface area contributed by atoms with Crippen LogP contribution in [0.4, 0.5) is 5.00 Å². The van der Waals surface area contributed by atoms with Gasteiger partial charge in [-0.05, 0) is 48.3 Å². The normalized spacial score (nSPS) is 16.1. The molecule has 2 N–H and O–H groups in total. The number of methoxy groups -OCH3 is 1. The topological polar surface area (TPSA) is 106 Å². The van der Waals surface area contributed by atoms with E-state index >= 15 is 0 Å². The van der Waals surface area contributed by atoms with Crippen molar-refractivity contribution in [2.75, 3.05) is 12.4 Å². The van der Waals surface area contributed by atoms with Gasteiger partial charge in [0.25, 0.3) is 5.91 Å². The van der Waals surface area contributed by atoms with Crippen LogP contribution in [0.3, 0.4) is 0 Å². The number of aromatic nitrogens is 1. The molecule has 2 heterocycles. The standard InChI is InChI=1S/C21H24N2O5S/c1-21(2,3)11-7-8-12-14(10-11)29-18(15(12)20(27)28-4)23-17(24)16-13(19(25)26)6-5-9-22-16/h5-6,9,11H,7-8,10H2,1-4H3,(H,23,24)(H,25,26). The number of aromatic carboxylic acids is 1. The number of pyridine rings is 1. The Balaban J connectivity index is 1.98. The summed E-state index contributed by atoms with van der Waals surface area (Å²) in [5.41, 5.74) is 1.02.